The van der Waals surface area contributed by atoms with Gasteiger partial charge in [0.25, 0.3) is 0 Å². The van der Waals surface area contributed by atoms with Gasteiger partial charge in [0, 0.05) is 10.7 Å². The van der Waals surface area contributed by atoms with E-state index in [2.05, 4.69) is 28.4 Å². The smallest absolute Gasteiger partial charge is 0.168 e. The monoisotopic (exact) mass is 148 g/mol. The van der Waals surface area contributed by atoms with Gasteiger partial charge in [-0.3, -0.25) is 0 Å². The van der Waals surface area contributed by atoms with Crippen LogP contribution in [0.5, 0.6) is 0 Å². The number of fused-ring (bicyclic) bond motifs is 1. The van der Waals surface area contributed by atoms with Crippen molar-refractivity contribution in [2.75, 3.05) is 0 Å². The van der Waals surface area contributed by atoms with E-state index in [0.29, 0.717) is 0 Å². The second-order valence-electron chi connectivity index (χ2n) is 2.51. The Morgan fingerprint density at radius 3 is 3.27 bits per heavy atom. The highest BCUT2D eigenvalue weighted by atomic mass is 15.3. The summed E-state index contributed by atoms with van der Waals surface area (Å²) in [5, 5.41) is 9.79. The van der Waals surface area contributed by atoms with Crippen LogP contribution in [0.25, 0.3) is 11.0 Å². The Hall–Kier alpha value is -1.38. The van der Waals surface area contributed by atoms with Crippen LogP contribution in [0.4, 0.5) is 0 Å². The van der Waals surface area contributed by atoms with E-state index in [1.165, 1.54) is 5.56 Å². The van der Waals surface area contributed by atoms with Gasteiger partial charge in [0.1, 0.15) is 0 Å². The molecule has 3 nitrogen and oxygen atoms in total. The summed E-state index contributed by atoms with van der Waals surface area (Å²) in [6.07, 6.45) is 1.04. The predicted octanol–water partition coefficient (Wildman–Crippen LogP) is 0.939. The molecular weight excluding hydrogens is 138 g/mol. The van der Waals surface area contributed by atoms with Crippen LogP contribution in [-0.4, -0.2) is 10.3 Å². The number of para-hydroxylation sites is 1. The highest BCUT2D eigenvalue weighted by Gasteiger charge is 2.07. The van der Waals surface area contributed by atoms with Crippen LogP contribution in [0.2, 0.25) is 0 Å². The van der Waals surface area contributed by atoms with Gasteiger partial charge in [0.2, 0.25) is 11.0 Å². The number of benzene rings is 1. The SMILES string of the molecule is CCc1cccc2n[nH][nH+]c12. The maximum Gasteiger partial charge on any atom is 0.248 e. The number of hydrogen-bond acceptors (Lipinski definition) is 1. The van der Waals surface area contributed by atoms with E-state index in [4.69, 9.17) is 0 Å². The van der Waals surface area contributed by atoms with Gasteiger partial charge in [-0.25, -0.2) is 0 Å². The molecule has 0 spiro atoms. The van der Waals surface area contributed by atoms with Crippen molar-refractivity contribution in [3.8, 4) is 0 Å². The molecule has 0 unspecified atom stereocenters. The van der Waals surface area contributed by atoms with Crippen molar-refractivity contribution < 1.29 is 5.10 Å². The first kappa shape index (κ1) is 6.34. The molecule has 0 aliphatic rings. The molecule has 0 fully saturated rings. The summed E-state index contributed by atoms with van der Waals surface area (Å²) in [4.78, 5) is 0. The van der Waals surface area contributed by atoms with Crippen LogP contribution in [0.15, 0.2) is 18.2 Å². The first-order valence-corrected chi connectivity index (χ1v) is 3.75. The largest absolute Gasteiger partial charge is 0.248 e. The van der Waals surface area contributed by atoms with Gasteiger partial charge in [-0.2, -0.15) is 5.10 Å². The van der Waals surface area contributed by atoms with Crippen molar-refractivity contribution in [1.29, 1.82) is 0 Å². The van der Waals surface area contributed by atoms with E-state index in [-0.39, 0.29) is 0 Å². The van der Waals surface area contributed by atoms with Crippen molar-refractivity contribution >= 4 is 11.0 Å². The van der Waals surface area contributed by atoms with Crippen LogP contribution in [0.3, 0.4) is 0 Å². The highest BCUT2D eigenvalue weighted by molar-refractivity contribution is 5.73. The molecular formula is C8H10N3+. The van der Waals surface area contributed by atoms with Crippen molar-refractivity contribution in [3.63, 3.8) is 0 Å². The summed E-state index contributed by atoms with van der Waals surface area (Å²) < 4.78 is 0. The minimum Gasteiger partial charge on any atom is -0.168 e. The molecule has 2 rings (SSSR count). The lowest BCUT2D eigenvalue weighted by molar-refractivity contribution is -0.427. The molecule has 0 atom stereocenters. The zero-order chi connectivity index (χ0) is 7.68. The number of hydrogen-bond donors (Lipinski definition) is 1. The fraction of sp³-hybridized carbons (Fsp3) is 0.250. The van der Waals surface area contributed by atoms with Crippen LogP contribution >= 0.6 is 0 Å². The molecule has 1 heterocycles. The molecule has 3 heteroatoms. The predicted molar refractivity (Wildman–Crippen MR) is 42.0 cm³/mol. The van der Waals surface area contributed by atoms with Gasteiger partial charge in [0.05, 0.1) is 0 Å². The molecule has 2 N–H and O–H groups in total. The van der Waals surface area contributed by atoms with Gasteiger partial charge in [-0.05, 0) is 12.5 Å². The van der Waals surface area contributed by atoms with Crippen LogP contribution in [0, 0.1) is 0 Å². The van der Waals surface area contributed by atoms with Gasteiger partial charge < -0.3 is 0 Å². The number of aromatic nitrogens is 3. The van der Waals surface area contributed by atoms with Crippen molar-refractivity contribution in [2.45, 2.75) is 13.3 Å². The van der Waals surface area contributed by atoms with Crippen LogP contribution < -0.4 is 5.10 Å². The molecule has 0 saturated carbocycles. The summed E-state index contributed by atoms with van der Waals surface area (Å²) in [5.41, 5.74) is 3.43. The van der Waals surface area contributed by atoms with E-state index in [0.717, 1.165) is 17.5 Å². The summed E-state index contributed by atoms with van der Waals surface area (Å²) in [7, 11) is 0. The molecule has 1 aromatic heterocycles. The van der Waals surface area contributed by atoms with E-state index >= 15 is 0 Å². The van der Waals surface area contributed by atoms with Gasteiger partial charge >= 0.3 is 0 Å². The van der Waals surface area contributed by atoms with E-state index in [1.54, 1.807) is 0 Å². The third-order valence-electron chi connectivity index (χ3n) is 1.87. The third kappa shape index (κ3) is 0.888. The quantitative estimate of drug-likeness (QED) is 0.642. The number of nitrogens with zero attached hydrogens (tertiary/aromatic N) is 1. The summed E-state index contributed by atoms with van der Waals surface area (Å²) in [5.74, 6) is 0. The second-order valence-corrected chi connectivity index (χ2v) is 2.51. The van der Waals surface area contributed by atoms with Gasteiger partial charge in [-0.1, -0.05) is 24.3 Å². The first-order valence-electron chi connectivity index (χ1n) is 3.75. The van der Waals surface area contributed by atoms with E-state index < -0.39 is 0 Å². The third-order valence-corrected chi connectivity index (χ3v) is 1.87. The molecule has 56 valence electrons. The Balaban J connectivity index is 2.79. The molecule has 0 aliphatic heterocycles. The Morgan fingerprint density at radius 2 is 2.45 bits per heavy atom. The topological polar surface area (TPSA) is 42.8 Å². The van der Waals surface area contributed by atoms with Crippen LogP contribution in [0.1, 0.15) is 12.5 Å². The molecule has 2 aromatic rings. The highest BCUT2D eigenvalue weighted by Crippen LogP contribution is 2.10. The molecule has 0 aliphatic carbocycles. The Kier molecular flexibility index (Phi) is 1.35. The zero-order valence-electron chi connectivity index (χ0n) is 6.39. The maximum atomic E-state index is 4.05. The molecule has 0 radical (unpaired) electrons. The van der Waals surface area contributed by atoms with Crippen molar-refractivity contribution in [3.05, 3.63) is 23.8 Å². The van der Waals surface area contributed by atoms with Crippen LogP contribution in [-0.2, 0) is 6.42 Å². The minimum atomic E-state index is 1.00. The lowest BCUT2D eigenvalue weighted by Crippen LogP contribution is -2.03. The fourth-order valence-corrected chi connectivity index (χ4v) is 1.26. The second kappa shape index (κ2) is 2.34. The van der Waals surface area contributed by atoms with Crippen molar-refractivity contribution in [2.24, 2.45) is 0 Å². The maximum absolute atomic E-state index is 4.05. The standard InChI is InChI=1S/C8H9N3/c1-2-6-4-3-5-7-8(6)10-11-9-7/h3-5H,2H2,1H3,(H,9,10,11)/p+1. The number of nitrogens with one attached hydrogen (secondary N) is 2. The molecule has 0 saturated heterocycles. The van der Waals surface area contributed by atoms with E-state index in [9.17, 15) is 0 Å². The number of aryl methyl sites for hydroxylation is 1. The molecule has 1 aromatic carbocycles. The van der Waals surface area contributed by atoms with E-state index in [1.807, 2.05) is 12.1 Å². The molecule has 0 bridgehead atoms. The molecule has 0 amide bonds. The lowest BCUT2D eigenvalue weighted by Gasteiger charge is -1.89. The average molecular weight is 148 g/mol. The lowest BCUT2D eigenvalue weighted by atomic mass is 10.1. The fourth-order valence-electron chi connectivity index (χ4n) is 1.26. The summed E-state index contributed by atoms with van der Waals surface area (Å²) >= 11 is 0. The van der Waals surface area contributed by atoms with Crippen molar-refractivity contribution in [1.82, 2.24) is 10.3 Å². The number of H-pyrrole nitrogens is 2. The Bertz CT molecular complexity index is 364. The normalized spacial score (nSPS) is 10.6. The number of aromatic amines is 2. The first-order chi connectivity index (χ1) is 5.42. The Morgan fingerprint density at radius 1 is 1.55 bits per heavy atom. The minimum absolute atomic E-state index is 1.00. The summed E-state index contributed by atoms with van der Waals surface area (Å²) in [6.45, 7) is 2.13. The molecule has 11 heavy (non-hydrogen) atoms. The number of rotatable bonds is 1. The van der Waals surface area contributed by atoms with Gasteiger partial charge in [0.15, 0.2) is 0 Å². The van der Waals surface area contributed by atoms with Gasteiger partial charge in [-0.15, -0.1) is 0 Å². The zero-order valence-corrected chi connectivity index (χ0v) is 6.39. The average Bonchev–Trinajstić information content (AvgIpc) is 2.50. The summed E-state index contributed by atoms with van der Waals surface area (Å²) in [6, 6.07) is 6.12. The Labute approximate surface area is 64.4 Å².